The first-order valence-electron chi connectivity index (χ1n) is 8.93. The van der Waals surface area contributed by atoms with E-state index < -0.39 is 0 Å². The Labute approximate surface area is 147 Å². The first-order valence-corrected chi connectivity index (χ1v) is 8.93. The molecule has 0 saturated heterocycles. The van der Waals surface area contributed by atoms with Crippen LogP contribution in [0.1, 0.15) is 18.4 Å². The Hall–Kier alpha value is -2.88. The molecular weight excluding hydrogens is 308 g/mol. The molecule has 5 rings (SSSR count). The molecule has 25 heavy (non-hydrogen) atoms. The summed E-state index contributed by atoms with van der Waals surface area (Å²) < 4.78 is 0. The summed E-state index contributed by atoms with van der Waals surface area (Å²) in [7, 11) is 0. The second-order valence-corrected chi connectivity index (χ2v) is 6.75. The van der Waals surface area contributed by atoms with E-state index in [1.807, 2.05) is 18.2 Å². The number of nitrogens with one attached hydrogen (secondary N) is 1. The van der Waals surface area contributed by atoms with Crippen LogP contribution in [-0.4, -0.2) is 22.6 Å². The fourth-order valence-electron chi connectivity index (χ4n) is 3.38. The van der Waals surface area contributed by atoms with Crippen LogP contribution in [0.3, 0.4) is 0 Å². The van der Waals surface area contributed by atoms with Gasteiger partial charge in [-0.1, -0.05) is 48.5 Å². The average Bonchev–Trinajstić information content (AvgIpc) is 3.37. The predicted molar refractivity (Wildman–Crippen MR) is 101 cm³/mol. The van der Waals surface area contributed by atoms with Gasteiger partial charge in [0.15, 0.2) is 5.82 Å². The van der Waals surface area contributed by atoms with Crippen molar-refractivity contribution in [2.24, 2.45) is 0 Å². The van der Waals surface area contributed by atoms with Crippen molar-refractivity contribution >= 4 is 17.3 Å². The van der Waals surface area contributed by atoms with Gasteiger partial charge in [-0.25, -0.2) is 9.97 Å². The van der Waals surface area contributed by atoms with Gasteiger partial charge in [0, 0.05) is 29.9 Å². The molecule has 1 N–H and O–H groups in total. The summed E-state index contributed by atoms with van der Waals surface area (Å²) in [5, 5.41) is 3.54. The molecule has 0 bridgehead atoms. The van der Waals surface area contributed by atoms with Gasteiger partial charge in [-0.05, 0) is 30.9 Å². The highest BCUT2D eigenvalue weighted by Crippen LogP contribution is 2.35. The Morgan fingerprint density at radius 1 is 0.920 bits per heavy atom. The van der Waals surface area contributed by atoms with E-state index in [-0.39, 0.29) is 0 Å². The predicted octanol–water partition coefficient (Wildman–Crippen LogP) is 4.41. The number of hydrogen-bond donors (Lipinski definition) is 1. The zero-order valence-electron chi connectivity index (χ0n) is 14.0. The molecule has 1 aliphatic heterocycles. The molecule has 124 valence electrons. The molecule has 2 aliphatic rings. The maximum Gasteiger partial charge on any atom is 0.163 e. The lowest BCUT2D eigenvalue weighted by molar-refractivity contribution is 0.964. The van der Waals surface area contributed by atoms with E-state index in [1.54, 1.807) is 0 Å². The van der Waals surface area contributed by atoms with E-state index in [4.69, 9.17) is 9.97 Å². The van der Waals surface area contributed by atoms with Gasteiger partial charge in [0.25, 0.3) is 0 Å². The topological polar surface area (TPSA) is 41.1 Å². The van der Waals surface area contributed by atoms with E-state index in [9.17, 15) is 0 Å². The van der Waals surface area contributed by atoms with Crippen LogP contribution in [0.4, 0.5) is 17.3 Å². The number of aromatic nitrogens is 2. The fraction of sp³-hybridized carbons (Fsp3) is 0.238. The van der Waals surface area contributed by atoms with Crippen molar-refractivity contribution in [2.45, 2.75) is 25.3 Å². The van der Waals surface area contributed by atoms with Crippen LogP contribution in [-0.2, 0) is 6.42 Å². The maximum absolute atomic E-state index is 4.89. The minimum Gasteiger partial charge on any atom is -0.367 e. The number of nitrogens with zero attached hydrogens (tertiary/aromatic N) is 3. The Morgan fingerprint density at radius 3 is 2.56 bits per heavy atom. The van der Waals surface area contributed by atoms with Crippen LogP contribution in [0.15, 0.2) is 60.7 Å². The van der Waals surface area contributed by atoms with Crippen LogP contribution < -0.4 is 10.2 Å². The third-order valence-electron chi connectivity index (χ3n) is 4.84. The van der Waals surface area contributed by atoms with Gasteiger partial charge in [0.05, 0.1) is 0 Å². The summed E-state index contributed by atoms with van der Waals surface area (Å²) in [4.78, 5) is 12.0. The Bertz CT molecular complexity index is 903. The van der Waals surface area contributed by atoms with Crippen LogP contribution in [0.5, 0.6) is 0 Å². The van der Waals surface area contributed by atoms with Gasteiger partial charge >= 0.3 is 0 Å². The normalized spacial score (nSPS) is 15.9. The van der Waals surface area contributed by atoms with Crippen LogP contribution in [0.2, 0.25) is 0 Å². The van der Waals surface area contributed by atoms with Crippen LogP contribution in [0, 0.1) is 0 Å². The van der Waals surface area contributed by atoms with Crippen molar-refractivity contribution in [3.8, 4) is 11.4 Å². The van der Waals surface area contributed by atoms with Crippen molar-refractivity contribution in [2.75, 3.05) is 16.8 Å². The number of para-hydroxylation sites is 1. The summed E-state index contributed by atoms with van der Waals surface area (Å²) in [5.74, 6) is 2.68. The minimum atomic E-state index is 0.567. The fourth-order valence-corrected chi connectivity index (χ4v) is 3.38. The lowest BCUT2D eigenvalue weighted by Gasteiger charge is -2.20. The van der Waals surface area contributed by atoms with E-state index in [1.165, 1.54) is 24.1 Å². The SMILES string of the molecule is c1ccc(-c2nc(NC3CC3)cc(N3CCc4ccccc43)n2)cc1. The zero-order valence-corrected chi connectivity index (χ0v) is 14.0. The lowest BCUT2D eigenvalue weighted by atomic mass is 10.2. The maximum atomic E-state index is 4.89. The van der Waals surface area contributed by atoms with Gasteiger partial charge in [-0.15, -0.1) is 0 Å². The zero-order chi connectivity index (χ0) is 16.6. The van der Waals surface area contributed by atoms with Crippen molar-refractivity contribution in [1.82, 2.24) is 9.97 Å². The van der Waals surface area contributed by atoms with Gasteiger partial charge < -0.3 is 10.2 Å². The molecule has 1 aromatic heterocycles. The van der Waals surface area contributed by atoms with Gasteiger partial charge in [0.1, 0.15) is 11.6 Å². The summed E-state index contributed by atoms with van der Waals surface area (Å²) in [6.45, 7) is 0.966. The molecule has 0 spiro atoms. The van der Waals surface area contributed by atoms with E-state index in [2.05, 4.69) is 52.7 Å². The quantitative estimate of drug-likeness (QED) is 0.770. The third kappa shape index (κ3) is 2.84. The van der Waals surface area contributed by atoms with Gasteiger partial charge in [-0.3, -0.25) is 0 Å². The Balaban J connectivity index is 1.59. The number of anilines is 3. The average molecular weight is 328 g/mol. The Morgan fingerprint density at radius 2 is 1.72 bits per heavy atom. The monoisotopic (exact) mass is 328 g/mol. The van der Waals surface area contributed by atoms with E-state index >= 15 is 0 Å². The van der Waals surface area contributed by atoms with E-state index in [0.717, 1.165) is 36.0 Å². The molecule has 2 aromatic carbocycles. The van der Waals surface area contributed by atoms with Gasteiger partial charge in [0.2, 0.25) is 0 Å². The molecule has 4 nitrogen and oxygen atoms in total. The molecule has 3 aromatic rings. The largest absolute Gasteiger partial charge is 0.367 e. The van der Waals surface area contributed by atoms with Gasteiger partial charge in [-0.2, -0.15) is 0 Å². The molecule has 0 unspecified atom stereocenters. The van der Waals surface area contributed by atoms with Crippen LogP contribution in [0.25, 0.3) is 11.4 Å². The smallest absolute Gasteiger partial charge is 0.163 e. The molecular formula is C21H20N4. The van der Waals surface area contributed by atoms with Crippen molar-refractivity contribution in [3.05, 3.63) is 66.2 Å². The summed E-state index contributed by atoms with van der Waals surface area (Å²) in [6, 6.07) is 21.5. The molecule has 1 aliphatic carbocycles. The van der Waals surface area contributed by atoms with Crippen molar-refractivity contribution in [1.29, 1.82) is 0 Å². The molecule has 1 saturated carbocycles. The van der Waals surface area contributed by atoms with Crippen LogP contribution >= 0.6 is 0 Å². The first-order chi connectivity index (χ1) is 12.4. The third-order valence-corrected chi connectivity index (χ3v) is 4.84. The summed E-state index contributed by atoms with van der Waals surface area (Å²) in [5.41, 5.74) is 3.70. The highest BCUT2D eigenvalue weighted by atomic mass is 15.2. The number of fused-ring (bicyclic) bond motifs is 1. The summed E-state index contributed by atoms with van der Waals surface area (Å²) >= 11 is 0. The molecule has 0 atom stereocenters. The lowest BCUT2D eigenvalue weighted by Crippen LogP contribution is -2.16. The number of hydrogen-bond acceptors (Lipinski definition) is 4. The number of benzene rings is 2. The minimum absolute atomic E-state index is 0.567. The summed E-state index contributed by atoms with van der Waals surface area (Å²) in [6.07, 6.45) is 3.52. The second kappa shape index (κ2) is 5.88. The standard InChI is InChI=1S/C21H20N4/c1-2-7-16(8-3-1)21-23-19(22-17-10-11-17)14-20(24-21)25-13-12-15-6-4-5-9-18(15)25/h1-9,14,17H,10-13H2,(H,22,23,24). The molecule has 1 fully saturated rings. The first kappa shape index (κ1) is 14.5. The highest BCUT2D eigenvalue weighted by Gasteiger charge is 2.25. The molecule has 4 heteroatoms. The number of rotatable bonds is 4. The Kier molecular flexibility index (Phi) is 3.40. The molecule has 2 heterocycles. The van der Waals surface area contributed by atoms with E-state index in [0.29, 0.717) is 6.04 Å². The molecule has 0 radical (unpaired) electrons. The van der Waals surface area contributed by atoms with Crippen molar-refractivity contribution in [3.63, 3.8) is 0 Å². The molecule has 0 amide bonds. The van der Waals surface area contributed by atoms with Crippen molar-refractivity contribution < 1.29 is 0 Å². The highest BCUT2D eigenvalue weighted by molar-refractivity contribution is 5.71. The second-order valence-electron chi connectivity index (χ2n) is 6.75.